The van der Waals surface area contributed by atoms with Gasteiger partial charge in [0.15, 0.2) is 17.4 Å². The zero-order valence-electron chi connectivity index (χ0n) is 23.4. The van der Waals surface area contributed by atoms with Crippen molar-refractivity contribution < 1.29 is 42.2 Å². The Labute approximate surface area is 241 Å². The summed E-state index contributed by atoms with van der Waals surface area (Å²) in [6, 6.07) is 12.1. The number of carbonyl (C=O) groups excluding carboxylic acids is 2. The second-order valence-electron chi connectivity index (χ2n) is 10.1. The minimum atomic E-state index is -1.22. The number of amides is 2. The number of benzene rings is 2. The third kappa shape index (κ3) is 8.97. The van der Waals surface area contributed by atoms with Crippen molar-refractivity contribution in [2.75, 3.05) is 32.9 Å². The molecule has 0 spiro atoms. The van der Waals surface area contributed by atoms with Gasteiger partial charge in [-0.1, -0.05) is 12.1 Å². The Morgan fingerprint density at radius 3 is 2.27 bits per heavy atom. The Morgan fingerprint density at radius 1 is 1.00 bits per heavy atom. The molecule has 0 saturated heterocycles. The number of aliphatic carboxylic acids is 1. The van der Waals surface area contributed by atoms with E-state index in [0.717, 1.165) is 17.0 Å². The molecular formula is C29H32F2N2O7S. The molecule has 12 heteroatoms. The SMILES string of the molecule is CSc1cc(F)c(F)cc1-c1ccc(OCc2ccc(C(=O)N(CCN(C)C(=O)OC(C)(C)C)CC(=O)O)o2)cc1. The first-order valence-corrected chi connectivity index (χ1v) is 13.8. The number of halogens is 2. The van der Waals surface area contributed by atoms with Crippen LogP contribution >= 0.6 is 11.8 Å². The highest BCUT2D eigenvalue weighted by atomic mass is 32.2. The molecule has 3 aromatic rings. The summed E-state index contributed by atoms with van der Waals surface area (Å²) in [4.78, 5) is 39.5. The van der Waals surface area contributed by atoms with Crippen molar-refractivity contribution in [1.82, 2.24) is 9.80 Å². The molecule has 0 bridgehead atoms. The summed E-state index contributed by atoms with van der Waals surface area (Å²) in [5, 5.41) is 9.28. The topological polar surface area (TPSA) is 110 Å². The highest BCUT2D eigenvalue weighted by Gasteiger charge is 2.24. The molecule has 0 aliphatic heterocycles. The van der Waals surface area contributed by atoms with Crippen molar-refractivity contribution in [3.05, 3.63) is 71.7 Å². The Morgan fingerprint density at radius 2 is 1.66 bits per heavy atom. The lowest BCUT2D eigenvalue weighted by molar-refractivity contribution is -0.137. The predicted molar refractivity (Wildman–Crippen MR) is 149 cm³/mol. The number of hydrogen-bond donors (Lipinski definition) is 1. The van der Waals surface area contributed by atoms with Crippen LogP contribution in [0.25, 0.3) is 11.1 Å². The standard InChI is InChI=1S/C29H32F2N2O7S/c1-29(2,3)40-28(37)32(4)12-13-33(16-26(34)35)27(36)24-11-10-20(39-24)17-38-19-8-6-18(7-9-19)21-14-22(30)23(31)15-25(21)41-5/h6-11,14-15H,12-13,16-17H2,1-5H3,(H,34,35). The van der Waals surface area contributed by atoms with Crippen LogP contribution in [0.15, 0.2) is 57.8 Å². The van der Waals surface area contributed by atoms with Gasteiger partial charge in [-0.2, -0.15) is 0 Å². The number of ether oxygens (including phenoxy) is 2. The van der Waals surface area contributed by atoms with Crippen molar-refractivity contribution in [3.8, 4) is 16.9 Å². The lowest BCUT2D eigenvalue weighted by atomic mass is 10.1. The highest BCUT2D eigenvalue weighted by Crippen LogP contribution is 2.33. The monoisotopic (exact) mass is 590 g/mol. The number of thioether (sulfide) groups is 1. The second-order valence-corrected chi connectivity index (χ2v) is 10.9. The number of carbonyl (C=O) groups is 3. The van der Waals surface area contributed by atoms with E-state index in [2.05, 4.69) is 0 Å². The summed E-state index contributed by atoms with van der Waals surface area (Å²) >= 11 is 1.31. The number of carboxylic acid groups (broad SMARTS) is 1. The van der Waals surface area contributed by atoms with Gasteiger partial charge >= 0.3 is 12.1 Å². The van der Waals surface area contributed by atoms with Crippen molar-refractivity contribution >= 4 is 29.7 Å². The van der Waals surface area contributed by atoms with Crippen LogP contribution in [0.1, 0.15) is 37.1 Å². The van der Waals surface area contributed by atoms with Gasteiger partial charge in [-0.25, -0.2) is 13.6 Å². The average Bonchev–Trinajstić information content (AvgIpc) is 3.38. The minimum absolute atomic E-state index is 0.0197. The van der Waals surface area contributed by atoms with Crippen molar-refractivity contribution in [1.29, 1.82) is 0 Å². The molecule has 3 rings (SSSR count). The number of furan rings is 1. The molecule has 2 amide bonds. The lowest BCUT2D eigenvalue weighted by Crippen LogP contribution is -2.43. The van der Waals surface area contributed by atoms with E-state index in [4.69, 9.17) is 13.9 Å². The number of rotatable bonds is 11. The van der Waals surface area contributed by atoms with Crippen molar-refractivity contribution in [2.45, 2.75) is 37.9 Å². The van der Waals surface area contributed by atoms with Crippen LogP contribution < -0.4 is 4.74 Å². The van der Waals surface area contributed by atoms with Crippen molar-refractivity contribution in [2.24, 2.45) is 0 Å². The summed E-state index contributed by atoms with van der Waals surface area (Å²) in [7, 11) is 1.49. The van der Waals surface area contributed by atoms with Crippen molar-refractivity contribution in [3.63, 3.8) is 0 Å². The summed E-state index contributed by atoms with van der Waals surface area (Å²) < 4.78 is 44.0. The van der Waals surface area contributed by atoms with Crippen LogP contribution in [-0.2, 0) is 16.1 Å². The molecule has 2 aromatic carbocycles. The molecule has 1 aromatic heterocycles. The van der Waals surface area contributed by atoms with E-state index in [1.807, 2.05) is 0 Å². The molecule has 0 fully saturated rings. The predicted octanol–water partition coefficient (Wildman–Crippen LogP) is 5.92. The normalized spacial score (nSPS) is 11.2. The molecule has 0 aliphatic rings. The molecular weight excluding hydrogens is 558 g/mol. The van der Waals surface area contributed by atoms with Gasteiger partial charge in [0.2, 0.25) is 0 Å². The number of hydrogen-bond acceptors (Lipinski definition) is 7. The van der Waals surface area contributed by atoms with Crippen LogP contribution in [0.5, 0.6) is 5.75 Å². The zero-order valence-corrected chi connectivity index (χ0v) is 24.2. The first-order valence-electron chi connectivity index (χ1n) is 12.6. The summed E-state index contributed by atoms with van der Waals surface area (Å²) in [5.41, 5.74) is 0.541. The van der Waals surface area contributed by atoms with Gasteiger partial charge < -0.3 is 28.8 Å². The van der Waals surface area contributed by atoms with Gasteiger partial charge in [0, 0.05) is 25.0 Å². The van der Waals surface area contributed by atoms with Gasteiger partial charge in [-0.15, -0.1) is 11.8 Å². The Balaban J connectivity index is 1.62. The zero-order chi connectivity index (χ0) is 30.3. The van der Waals surface area contributed by atoms with E-state index in [1.54, 1.807) is 57.4 Å². The maximum absolute atomic E-state index is 13.8. The van der Waals surface area contributed by atoms with Gasteiger partial charge in [0.1, 0.15) is 30.3 Å². The summed E-state index contributed by atoms with van der Waals surface area (Å²) in [6.45, 7) is 4.56. The number of likely N-dealkylation sites (N-methyl/N-ethyl adjacent to an activating group) is 1. The van der Waals surface area contributed by atoms with Crippen LogP contribution in [0, 0.1) is 11.6 Å². The highest BCUT2D eigenvalue weighted by molar-refractivity contribution is 7.98. The minimum Gasteiger partial charge on any atom is -0.486 e. The third-order valence-corrected chi connectivity index (χ3v) is 6.46. The smallest absolute Gasteiger partial charge is 0.410 e. The largest absolute Gasteiger partial charge is 0.486 e. The lowest BCUT2D eigenvalue weighted by Gasteiger charge is -2.27. The molecule has 1 heterocycles. The Kier molecular flexibility index (Phi) is 10.4. The summed E-state index contributed by atoms with van der Waals surface area (Å²) in [6.07, 6.45) is 1.18. The van der Waals surface area contributed by atoms with Crippen LogP contribution in [0.3, 0.4) is 0 Å². The average molecular weight is 591 g/mol. The maximum atomic E-state index is 13.8. The maximum Gasteiger partial charge on any atom is 0.410 e. The van der Waals surface area contributed by atoms with Crippen LogP contribution in [-0.4, -0.2) is 71.4 Å². The molecule has 0 saturated carbocycles. The molecule has 0 radical (unpaired) electrons. The van der Waals surface area contributed by atoms with E-state index in [1.165, 1.54) is 29.8 Å². The number of nitrogens with zero attached hydrogens (tertiary/aromatic N) is 2. The molecule has 1 N–H and O–H groups in total. The van der Waals surface area contributed by atoms with E-state index in [-0.39, 0.29) is 25.5 Å². The van der Waals surface area contributed by atoms with Crippen LogP contribution in [0.4, 0.5) is 13.6 Å². The van der Waals surface area contributed by atoms with Gasteiger partial charge in [-0.05, 0) is 74.6 Å². The Hall–Kier alpha value is -4.06. The van der Waals surface area contributed by atoms with Gasteiger partial charge in [0.25, 0.3) is 5.91 Å². The van der Waals surface area contributed by atoms with Gasteiger partial charge in [-0.3, -0.25) is 9.59 Å². The molecule has 0 aliphatic carbocycles. The quantitative estimate of drug-likeness (QED) is 0.274. The molecule has 0 atom stereocenters. The number of carboxylic acids is 1. The van der Waals surface area contributed by atoms with E-state index in [9.17, 15) is 28.3 Å². The Bertz CT molecular complexity index is 1390. The molecule has 0 unspecified atom stereocenters. The molecule has 220 valence electrons. The van der Waals surface area contributed by atoms with Crippen LogP contribution in [0.2, 0.25) is 0 Å². The van der Waals surface area contributed by atoms with Gasteiger partial charge in [0.05, 0.1) is 0 Å². The van der Waals surface area contributed by atoms with E-state index >= 15 is 0 Å². The fraction of sp³-hybridized carbons (Fsp3) is 0.345. The summed E-state index contributed by atoms with van der Waals surface area (Å²) in [5.74, 6) is -3.00. The first-order chi connectivity index (χ1) is 19.3. The molecule has 41 heavy (non-hydrogen) atoms. The second kappa shape index (κ2) is 13.5. The third-order valence-electron chi connectivity index (χ3n) is 5.69. The van der Waals surface area contributed by atoms with E-state index < -0.39 is 41.7 Å². The fourth-order valence-electron chi connectivity index (χ4n) is 3.65. The molecule has 9 nitrogen and oxygen atoms in total. The first kappa shape index (κ1) is 31.5. The van der Waals surface area contributed by atoms with E-state index in [0.29, 0.717) is 27.5 Å². The fourth-order valence-corrected chi connectivity index (χ4v) is 4.27.